The molecule has 0 heterocycles. The molecule has 0 aliphatic carbocycles. The lowest BCUT2D eigenvalue weighted by molar-refractivity contribution is -0.384. The van der Waals surface area contributed by atoms with Gasteiger partial charge in [-0.15, -0.1) is 0 Å². The molecule has 168 valence electrons. The Balaban J connectivity index is 1.53. The summed E-state index contributed by atoms with van der Waals surface area (Å²) >= 11 is 3.63. The number of nitro benzene ring substituents is 1. The third-order valence-corrected chi connectivity index (χ3v) is 5.76. The first-order chi connectivity index (χ1) is 16.0. The Morgan fingerprint density at radius 2 is 1.76 bits per heavy atom. The van der Waals surface area contributed by atoms with E-state index < -0.39 is 4.92 Å². The standard InChI is InChI=1S/C26H23BrN2O4/c1-2-32-25-14-18(16-28-21-10-6-11-22(15-21)29(30)31)13-24(27)26(25)33-17-20-9-5-8-19-7-3-4-12-23(19)20/h3-15,28H,2,16-17H2,1H3. The van der Waals surface area contributed by atoms with E-state index in [1.54, 1.807) is 12.1 Å². The summed E-state index contributed by atoms with van der Waals surface area (Å²) in [6, 6.07) is 24.7. The third-order valence-electron chi connectivity index (χ3n) is 5.17. The second kappa shape index (κ2) is 10.4. The maximum Gasteiger partial charge on any atom is 0.271 e. The summed E-state index contributed by atoms with van der Waals surface area (Å²) in [7, 11) is 0. The number of hydrogen-bond acceptors (Lipinski definition) is 5. The summed E-state index contributed by atoms with van der Waals surface area (Å²) in [5.41, 5.74) is 2.77. The van der Waals surface area contributed by atoms with Crippen molar-refractivity contribution in [3.05, 3.63) is 105 Å². The van der Waals surface area contributed by atoms with Crippen LogP contribution in [0.15, 0.2) is 83.3 Å². The highest BCUT2D eigenvalue weighted by Gasteiger charge is 2.14. The van der Waals surface area contributed by atoms with Crippen LogP contribution in [-0.4, -0.2) is 11.5 Å². The molecule has 7 heteroatoms. The van der Waals surface area contributed by atoms with Gasteiger partial charge in [-0.2, -0.15) is 0 Å². The molecular weight excluding hydrogens is 484 g/mol. The zero-order valence-corrected chi connectivity index (χ0v) is 19.7. The van der Waals surface area contributed by atoms with Crippen LogP contribution in [0, 0.1) is 10.1 Å². The molecular formula is C26H23BrN2O4. The van der Waals surface area contributed by atoms with Crippen molar-refractivity contribution < 1.29 is 14.4 Å². The largest absolute Gasteiger partial charge is 0.490 e. The number of rotatable bonds is 9. The smallest absolute Gasteiger partial charge is 0.271 e. The number of nitro groups is 1. The molecule has 6 nitrogen and oxygen atoms in total. The Morgan fingerprint density at radius 3 is 2.58 bits per heavy atom. The van der Waals surface area contributed by atoms with E-state index in [9.17, 15) is 10.1 Å². The van der Waals surface area contributed by atoms with Gasteiger partial charge in [0.1, 0.15) is 6.61 Å². The van der Waals surface area contributed by atoms with Crippen LogP contribution < -0.4 is 14.8 Å². The Labute approximate surface area is 200 Å². The molecule has 0 radical (unpaired) electrons. The third kappa shape index (κ3) is 5.43. The first-order valence-corrected chi connectivity index (χ1v) is 11.4. The molecule has 1 N–H and O–H groups in total. The molecule has 0 saturated heterocycles. The van der Waals surface area contributed by atoms with Gasteiger partial charge >= 0.3 is 0 Å². The first kappa shape index (κ1) is 22.6. The number of benzene rings is 4. The van der Waals surface area contributed by atoms with Gasteiger partial charge in [0.15, 0.2) is 11.5 Å². The van der Waals surface area contributed by atoms with Crippen molar-refractivity contribution in [2.75, 3.05) is 11.9 Å². The summed E-state index contributed by atoms with van der Waals surface area (Å²) in [6.07, 6.45) is 0. The minimum absolute atomic E-state index is 0.0494. The lowest BCUT2D eigenvalue weighted by Gasteiger charge is -2.17. The van der Waals surface area contributed by atoms with Gasteiger partial charge < -0.3 is 14.8 Å². The van der Waals surface area contributed by atoms with Crippen LogP contribution >= 0.6 is 15.9 Å². The number of halogens is 1. The summed E-state index contributed by atoms with van der Waals surface area (Å²) in [5.74, 6) is 1.28. The summed E-state index contributed by atoms with van der Waals surface area (Å²) in [4.78, 5) is 10.6. The predicted octanol–water partition coefficient (Wildman–Crippen LogP) is 7.10. The second-order valence-electron chi connectivity index (χ2n) is 7.43. The van der Waals surface area contributed by atoms with Crippen LogP contribution in [0.25, 0.3) is 10.8 Å². The molecule has 0 aliphatic heterocycles. The van der Waals surface area contributed by atoms with Crippen molar-refractivity contribution in [2.24, 2.45) is 0 Å². The molecule has 0 fully saturated rings. The number of hydrogen-bond donors (Lipinski definition) is 1. The first-order valence-electron chi connectivity index (χ1n) is 10.6. The van der Waals surface area contributed by atoms with Crippen LogP contribution in [0.2, 0.25) is 0 Å². The minimum Gasteiger partial charge on any atom is -0.490 e. The van der Waals surface area contributed by atoms with E-state index in [1.807, 2.05) is 37.3 Å². The lowest BCUT2D eigenvalue weighted by atomic mass is 10.1. The van der Waals surface area contributed by atoms with Crippen LogP contribution in [0.3, 0.4) is 0 Å². The van der Waals surface area contributed by atoms with Gasteiger partial charge in [-0.05, 0) is 63.0 Å². The van der Waals surface area contributed by atoms with Gasteiger partial charge in [0.2, 0.25) is 0 Å². The van der Waals surface area contributed by atoms with Gasteiger partial charge in [-0.1, -0.05) is 48.5 Å². The van der Waals surface area contributed by atoms with Crippen molar-refractivity contribution in [1.82, 2.24) is 0 Å². The fourth-order valence-electron chi connectivity index (χ4n) is 3.63. The number of nitrogens with zero attached hydrogens (tertiary/aromatic N) is 1. The average Bonchev–Trinajstić information content (AvgIpc) is 2.82. The van der Waals surface area contributed by atoms with Gasteiger partial charge in [-0.25, -0.2) is 0 Å². The summed E-state index contributed by atoms with van der Waals surface area (Å²) in [5, 5.41) is 16.6. The number of ether oxygens (including phenoxy) is 2. The maximum atomic E-state index is 11.0. The Kier molecular flexibility index (Phi) is 7.10. The fraction of sp³-hybridized carbons (Fsp3) is 0.154. The topological polar surface area (TPSA) is 73.6 Å². The van der Waals surface area contributed by atoms with Crippen LogP contribution in [0.1, 0.15) is 18.1 Å². The van der Waals surface area contributed by atoms with E-state index in [2.05, 4.69) is 45.5 Å². The molecule has 4 rings (SSSR count). The molecule has 0 unspecified atom stereocenters. The van der Waals surface area contributed by atoms with Crippen molar-refractivity contribution in [1.29, 1.82) is 0 Å². The van der Waals surface area contributed by atoms with E-state index >= 15 is 0 Å². The van der Waals surface area contributed by atoms with Gasteiger partial charge in [0, 0.05) is 24.4 Å². The van der Waals surface area contributed by atoms with Crippen molar-refractivity contribution in [2.45, 2.75) is 20.1 Å². The molecule has 4 aromatic rings. The molecule has 0 spiro atoms. The lowest BCUT2D eigenvalue weighted by Crippen LogP contribution is -2.04. The molecule has 0 bridgehead atoms. The molecule has 33 heavy (non-hydrogen) atoms. The zero-order valence-electron chi connectivity index (χ0n) is 18.1. The van der Waals surface area contributed by atoms with E-state index in [-0.39, 0.29) is 5.69 Å². The second-order valence-corrected chi connectivity index (χ2v) is 8.28. The van der Waals surface area contributed by atoms with E-state index in [1.165, 1.54) is 17.5 Å². The van der Waals surface area contributed by atoms with E-state index in [0.29, 0.717) is 36.9 Å². The molecule has 0 amide bonds. The summed E-state index contributed by atoms with van der Waals surface area (Å²) < 4.78 is 12.9. The molecule has 0 saturated carbocycles. The highest BCUT2D eigenvalue weighted by molar-refractivity contribution is 9.10. The van der Waals surface area contributed by atoms with Gasteiger partial charge in [-0.3, -0.25) is 10.1 Å². The highest BCUT2D eigenvalue weighted by atomic mass is 79.9. The van der Waals surface area contributed by atoms with Crippen LogP contribution in [-0.2, 0) is 13.2 Å². The van der Waals surface area contributed by atoms with E-state index in [4.69, 9.17) is 9.47 Å². The van der Waals surface area contributed by atoms with Crippen molar-refractivity contribution in [3.63, 3.8) is 0 Å². The van der Waals surface area contributed by atoms with Crippen LogP contribution in [0.4, 0.5) is 11.4 Å². The quantitative estimate of drug-likeness (QED) is 0.193. The zero-order chi connectivity index (χ0) is 23.2. The SMILES string of the molecule is CCOc1cc(CNc2cccc([N+](=O)[O-])c2)cc(Br)c1OCc1cccc2ccccc12. The average molecular weight is 507 g/mol. The minimum atomic E-state index is -0.406. The van der Waals surface area contributed by atoms with Crippen molar-refractivity contribution >= 4 is 38.1 Å². The van der Waals surface area contributed by atoms with E-state index in [0.717, 1.165) is 21.0 Å². The number of anilines is 1. The number of fused-ring (bicyclic) bond motifs is 1. The molecule has 0 atom stereocenters. The fourth-order valence-corrected chi connectivity index (χ4v) is 4.23. The normalized spacial score (nSPS) is 10.7. The highest BCUT2D eigenvalue weighted by Crippen LogP contribution is 2.38. The molecule has 0 aliphatic rings. The molecule has 4 aromatic carbocycles. The molecule has 0 aromatic heterocycles. The van der Waals surface area contributed by atoms with Gasteiger partial charge in [0.05, 0.1) is 16.0 Å². The maximum absolute atomic E-state index is 11.0. The number of nitrogens with one attached hydrogen (secondary N) is 1. The Morgan fingerprint density at radius 1 is 0.970 bits per heavy atom. The number of non-ortho nitro benzene ring substituents is 1. The van der Waals surface area contributed by atoms with Crippen molar-refractivity contribution in [3.8, 4) is 11.5 Å². The van der Waals surface area contributed by atoms with Gasteiger partial charge in [0.25, 0.3) is 5.69 Å². The predicted molar refractivity (Wildman–Crippen MR) is 134 cm³/mol. The Hall–Kier alpha value is -3.58. The van der Waals surface area contributed by atoms with Crippen LogP contribution in [0.5, 0.6) is 11.5 Å². The Bertz CT molecular complexity index is 1290. The summed E-state index contributed by atoms with van der Waals surface area (Å²) in [6.45, 7) is 3.31. The monoisotopic (exact) mass is 506 g/mol.